The largest absolute Gasteiger partial charge is 0.379 e. The molecule has 0 amide bonds. The van der Waals surface area contributed by atoms with Gasteiger partial charge < -0.3 is 10.5 Å². The van der Waals surface area contributed by atoms with Crippen molar-refractivity contribution >= 4 is 0 Å². The van der Waals surface area contributed by atoms with E-state index in [-0.39, 0.29) is 0 Å². The lowest BCUT2D eigenvalue weighted by atomic mass is 10.1. The first-order valence-electron chi connectivity index (χ1n) is 5.36. The van der Waals surface area contributed by atoms with Gasteiger partial charge in [-0.3, -0.25) is 4.90 Å². The van der Waals surface area contributed by atoms with Crippen LogP contribution in [0.5, 0.6) is 0 Å². The zero-order valence-electron chi connectivity index (χ0n) is 8.67. The standard InChI is InChI=1S/C10H22N2O/c1-10(4-2-3-5-11)12-6-8-13-9-7-12/h10H,2-9,11H2,1H3. The highest BCUT2D eigenvalue weighted by Gasteiger charge is 2.15. The molecule has 0 aliphatic carbocycles. The zero-order chi connectivity index (χ0) is 9.52. The summed E-state index contributed by atoms with van der Waals surface area (Å²) < 4.78 is 5.31. The molecule has 13 heavy (non-hydrogen) atoms. The van der Waals surface area contributed by atoms with Crippen LogP contribution in [0.15, 0.2) is 0 Å². The highest BCUT2D eigenvalue weighted by atomic mass is 16.5. The smallest absolute Gasteiger partial charge is 0.0594 e. The van der Waals surface area contributed by atoms with Crippen molar-refractivity contribution in [1.82, 2.24) is 4.90 Å². The molecule has 1 fully saturated rings. The molecule has 0 aromatic carbocycles. The fourth-order valence-electron chi connectivity index (χ4n) is 1.78. The summed E-state index contributed by atoms with van der Waals surface area (Å²) in [5, 5.41) is 0. The van der Waals surface area contributed by atoms with E-state index in [0.29, 0.717) is 6.04 Å². The Morgan fingerprint density at radius 3 is 2.62 bits per heavy atom. The lowest BCUT2D eigenvalue weighted by molar-refractivity contribution is 0.0182. The molecule has 0 radical (unpaired) electrons. The van der Waals surface area contributed by atoms with Gasteiger partial charge in [-0.1, -0.05) is 6.42 Å². The molecule has 0 spiro atoms. The van der Waals surface area contributed by atoms with E-state index < -0.39 is 0 Å². The fourth-order valence-corrected chi connectivity index (χ4v) is 1.78. The summed E-state index contributed by atoms with van der Waals surface area (Å²) in [6, 6.07) is 0.704. The van der Waals surface area contributed by atoms with Gasteiger partial charge in [-0.2, -0.15) is 0 Å². The molecule has 3 heteroatoms. The maximum Gasteiger partial charge on any atom is 0.0594 e. The van der Waals surface area contributed by atoms with Crippen LogP contribution in [0.4, 0.5) is 0 Å². The monoisotopic (exact) mass is 186 g/mol. The summed E-state index contributed by atoms with van der Waals surface area (Å²) in [7, 11) is 0. The second kappa shape index (κ2) is 6.35. The maximum absolute atomic E-state index is 5.46. The Morgan fingerprint density at radius 2 is 2.00 bits per heavy atom. The van der Waals surface area contributed by atoms with Gasteiger partial charge in [0.1, 0.15) is 0 Å². The van der Waals surface area contributed by atoms with E-state index in [1.807, 2.05) is 0 Å². The van der Waals surface area contributed by atoms with Crippen LogP contribution in [0, 0.1) is 0 Å². The van der Waals surface area contributed by atoms with Gasteiger partial charge in [-0.25, -0.2) is 0 Å². The second-order valence-corrected chi connectivity index (χ2v) is 3.78. The molecule has 0 saturated carbocycles. The normalized spacial score (nSPS) is 21.7. The SMILES string of the molecule is CC(CCCCN)N1CCOCC1. The Balaban J connectivity index is 2.09. The minimum atomic E-state index is 0.704. The number of hydrogen-bond donors (Lipinski definition) is 1. The van der Waals surface area contributed by atoms with Gasteiger partial charge in [0.05, 0.1) is 13.2 Å². The quantitative estimate of drug-likeness (QED) is 0.647. The van der Waals surface area contributed by atoms with Crippen molar-refractivity contribution in [1.29, 1.82) is 0 Å². The molecule has 1 rings (SSSR count). The van der Waals surface area contributed by atoms with Crippen LogP contribution in [-0.2, 0) is 4.74 Å². The first-order chi connectivity index (χ1) is 6.34. The van der Waals surface area contributed by atoms with Crippen molar-refractivity contribution < 1.29 is 4.74 Å². The van der Waals surface area contributed by atoms with E-state index in [2.05, 4.69) is 11.8 Å². The minimum absolute atomic E-state index is 0.704. The minimum Gasteiger partial charge on any atom is -0.379 e. The van der Waals surface area contributed by atoms with Crippen molar-refractivity contribution in [2.75, 3.05) is 32.8 Å². The molecule has 1 saturated heterocycles. The molecular formula is C10H22N2O. The summed E-state index contributed by atoms with van der Waals surface area (Å²) >= 11 is 0. The number of rotatable bonds is 5. The van der Waals surface area contributed by atoms with Crippen molar-refractivity contribution in [3.63, 3.8) is 0 Å². The Labute approximate surface area is 81.2 Å². The third-order valence-corrected chi connectivity index (χ3v) is 2.75. The summed E-state index contributed by atoms with van der Waals surface area (Å²) in [5.74, 6) is 0. The number of nitrogens with zero attached hydrogens (tertiary/aromatic N) is 1. The Kier molecular flexibility index (Phi) is 5.35. The molecule has 0 aromatic heterocycles. The van der Waals surface area contributed by atoms with Crippen molar-refractivity contribution in [2.45, 2.75) is 32.2 Å². The number of ether oxygens (including phenoxy) is 1. The average molecular weight is 186 g/mol. The predicted molar refractivity (Wildman–Crippen MR) is 54.8 cm³/mol. The fraction of sp³-hybridized carbons (Fsp3) is 1.00. The van der Waals surface area contributed by atoms with Gasteiger partial charge in [0.15, 0.2) is 0 Å². The van der Waals surface area contributed by atoms with Crippen LogP contribution in [-0.4, -0.2) is 43.8 Å². The molecule has 1 heterocycles. The van der Waals surface area contributed by atoms with Gasteiger partial charge in [0, 0.05) is 19.1 Å². The number of hydrogen-bond acceptors (Lipinski definition) is 3. The zero-order valence-corrected chi connectivity index (χ0v) is 8.67. The van der Waals surface area contributed by atoms with Crippen LogP contribution < -0.4 is 5.73 Å². The topological polar surface area (TPSA) is 38.5 Å². The van der Waals surface area contributed by atoms with Gasteiger partial charge in [-0.05, 0) is 26.3 Å². The van der Waals surface area contributed by atoms with E-state index in [1.54, 1.807) is 0 Å². The number of nitrogens with two attached hydrogens (primary N) is 1. The molecule has 78 valence electrons. The van der Waals surface area contributed by atoms with E-state index in [9.17, 15) is 0 Å². The van der Waals surface area contributed by atoms with Crippen LogP contribution in [0.1, 0.15) is 26.2 Å². The summed E-state index contributed by atoms with van der Waals surface area (Å²) in [6.07, 6.45) is 3.70. The van der Waals surface area contributed by atoms with E-state index in [4.69, 9.17) is 10.5 Å². The average Bonchev–Trinajstić information content (AvgIpc) is 2.19. The van der Waals surface area contributed by atoms with Crippen LogP contribution in [0.25, 0.3) is 0 Å². The van der Waals surface area contributed by atoms with Crippen molar-refractivity contribution in [3.05, 3.63) is 0 Å². The van der Waals surface area contributed by atoms with Crippen LogP contribution >= 0.6 is 0 Å². The van der Waals surface area contributed by atoms with Crippen LogP contribution in [0.2, 0.25) is 0 Å². The number of unbranched alkanes of at least 4 members (excludes halogenated alkanes) is 1. The highest BCUT2D eigenvalue weighted by Crippen LogP contribution is 2.09. The van der Waals surface area contributed by atoms with Gasteiger partial charge in [0.25, 0.3) is 0 Å². The Morgan fingerprint density at radius 1 is 1.31 bits per heavy atom. The summed E-state index contributed by atoms with van der Waals surface area (Å²) in [5.41, 5.74) is 5.46. The molecule has 1 aliphatic heterocycles. The Bertz CT molecular complexity index is 124. The predicted octanol–water partition coefficient (Wildman–Crippen LogP) is 0.836. The lowest BCUT2D eigenvalue weighted by Gasteiger charge is -2.32. The van der Waals surface area contributed by atoms with E-state index in [0.717, 1.165) is 39.3 Å². The summed E-state index contributed by atoms with van der Waals surface area (Å²) in [6.45, 7) is 7.15. The molecule has 3 nitrogen and oxygen atoms in total. The molecule has 2 N–H and O–H groups in total. The third-order valence-electron chi connectivity index (χ3n) is 2.75. The van der Waals surface area contributed by atoms with Crippen molar-refractivity contribution in [3.8, 4) is 0 Å². The molecule has 0 bridgehead atoms. The molecule has 1 aliphatic rings. The molecular weight excluding hydrogens is 164 g/mol. The molecule has 1 atom stereocenters. The highest BCUT2D eigenvalue weighted by molar-refractivity contribution is 4.69. The maximum atomic E-state index is 5.46. The first-order valence-corrected chi connectivity index (χ1v) is 5.36. The Hall–Kier alpha value is -0.120. The second-order valence-electron chi connectivity index (χ2n) is 3.78. The van der Waals surface area contributed by atoms with Crippen molar-refractivity contribution in [2.24, 2.45) is 5.73 Å². The third kappa shape index (κ3) is 4.07. The van der Waals surface area contributed by atoms with Gasteiger partial charge in [0.2, 0.25) is 0 Å². The van der Waals surface area contributed by atoms with Gasteiger partial charge >= 0.3 is 0 Å². The number of morpholine rings is 1. The van der Waals surface area contributed by atoms with Crippen LogP contribution in [0.3, 0.4) is 0 Å². The van der Waals surface area contributed by atoms with Gasteiger partial charge in [-0.15, -0.1) is 0 Å². The summed E-state index contributed by atoms with van der Waals surface area (Å²) in [4.78, 5) is 2.51. The van der Waals surface area contributed by atoms with E-state index >= 15 is 0 Å². The van der Waals surface area contributed by atoms with E-state index in [1.165, 1.54) is 12.8 Å². The lowest BCUT2D eigenvalue weighted by Crippen LogP contribution is -2.42. The first kappa shape index (κ1) is 11.0. The molecule has 1 unspecified atom stereocenters. The molecule has 0 aromatic rings.